The zero-order valence-electron chi connectivity index (χ0n) is 17.6. The molecule has 164 valence electrons. The summed E-state index contributed by atoms with van der Waals surface area (Å²) in [4.78, 5) is 35.1. The van der Waals surface area contributed by atoms with Crippen LogP contribution in [0.5, 0.6) is 5.75 Å². The third-order valence-corrected chi connectivity index (χ3v) is 5.58. The fraction of sp³-hybridized carbons (Fsp3) is 0.182. The number of H-pyrrole nitrogens is 1. The fourth-order valence-corrected chi connectivity index (χ4v) is 4.01. The standard InChI is InChI=1S/C22H22N6O3S/c1-3-14-11-19(29)26-21(23-14)27-28-22(30)24-15-7-5-13(6-8-15)20-25-17-10-9-16(31-4-2)12-18(17)32-20/h5-12H,3-4H2,1-2H3,(H2,24,28,30)(H2,23,26,27,29). The normalized spacial score (nSPS) is 10.7. The second kappa shape index (κ2) is 9.48. The van der Waals surface area contributed by atoms with Gasteiger partial charge < -0.3 is 10.1 Å². The van der Waals surface area contributed by atoms with Crippen molar-refractivity contribution in [3.63, 3.8) is 0 Å². The SMILES string of the molecule is CCOc1ccc2nc(-c3ccc(NC(=O)NNc4nc(CC)cc(=O)[nH]4)cc3)sc2c1. The van der Waals surface area contributed by atoms with Crippen molar-refractivity contribution < 1.29 is 9.53 Å². The molecule has 0 bridgehead atoms. The Kier molecular flexibility index (Phi) is 6.31. The predicted molar refractivity (Wildman–Crippen MR) is 126 cm³/mol. The number of thiazole rings is 1. The first kappa shape index (κ1) is 21.3. The van der Waals surface area contributed by atoms with Crippen LogP contribution >= 0.6 is 11.3 Å². The number of urea groups is 1. The molecule has 4 aromatic rings. The van der Waals surface area contributed by atoms with Crippen molar-refractivity contribution in [2.24, 2.45) is 0 Å². The van der Waals surface area contributed by atoms with Crippen LogP contribution < -0.4 is 26.5 Å². The maximum absolute atomic E-state index is 12.2. The van der Waals surface area contributed by atoms with Gasteiger partial charge in [-0.05, 0) is 55.8 Å². The van der Waals surface area contributed by atoms with Gasteiger partial charge in [-0.3, -0.25) is 15.2 Å². The summed E-state index contributed by atoms with van der Waals surface area (Å²) in [7, 11) is 0. The van der Waals surface area contributed by atoms with Crippen LogP contribution in [0.3, 0.4) is 0 Å². The van der Waals surface area contributed by atoms with Gasteiger partial charge >= 0.3 is 6.03 Å². The van der Waals surface area contributed by atoms with Crippen molar-refractivity contribution in [3.8, 4) is 16.3 Å². The molecule has 2 amide bonds. The molecule has 10 heteroatoms. The lowest BCUT2D eigenvalue weighted by molar-refractivity contribution is 0.253. The average molecular weight is 451 g/mol. The van der Waals surface area contributed by atoms with E-state index in [0.717, 1.165) is 26.5 Å². The molecule has 0 saturated carbocycles. The van der Waals surface area contributed by atoms with Crippen molar-refractivity contribution in [1.82, 2.24) is 20.4 Å². The van der Waals surface area contributed by atoms with Gasteiger partial charge in [0.2, 0.25) is 5.95 Å². The Morgan fingerprint density at radius 3 is 2.66 bits per heavy atom. The van der Waals surface area contributed by atoms with Gasteiger partial charge in [0.05, 0.1) is 16.8 Å². The highest BCUT2D eigenvalue weighted by molar-refractivity contribution is 7.21. The summed E-state index contributed by atoms with van der Waals surface area (Å²) in [6.07, 6.45) is 0.611. The molecule has 32 heavy (non-hydrogen) atoms. The smallest absolute Gasteiger partial charge is 0.337 e. The number of aromatic nitrogens is 3. The maximum atomic E-state index is 12.2. The number of hydrazine groups is 1. The van der Waals surface area contributed by atoms with Crippen LogP contribution in [0.15, 0.2) is 53.3 Å². The summed E-state index contributed by atoms with van der Waals surface area (Å²) in [5, 5.41) is 3.60. The van der Waals surface area contributed by atoms with Gasteiger partial charge in [-0.2, -0.15) is 0 Å². The highest BCUT2D eigenvalue weighted by atomic mass is 32.1. The zero-order valence-corrected chi connectivity index (χ0v) is 18.4. The first-order valence-corrected chi connectivity index (χ1v) is 10.9. The van der Waals surface area contributed by atoms with Crippen molar-refractivity contribution >= 4 is 39.2 Å². The number of carbonyl (C=O) groups is 1. The molecule has 4 rings (SSSR count). The van der Waals surface area contributed by atoms with Gasteiger partial charge in [-0.25, -0.2) is 20.2 Å². The summed E-state index contributed by atoms with van der Waals surface area (Å²) in [6, 6.07) is 14.2. The van der Waals surface area contributed by atoms with Crippen LogP contribution in [0.2, 0.25) is 0 Å². The zero-order chi connectivity index (χ0) is 22.5. The van der Waals surface area contributed by atoms with E-state index >= 15 is 0 Å². The summed E-state index contributed by atoms with van der Waals surface area (Å²) < 4.78 is 6.61. The van der Waals surface area contributed by atoms with Gasteiger partial charge in [0.15, 0.2) is 0 Å². The molecule has 0 unspecified atom stereocenters. The van der Waals surface area contributed by atoms with E-state index in [1.165, 1.54) is 6.07 Å². The van der Waals surface area contributed by atoms with Gasteiger partial charge in [-0.15, -0.1) is 11.3 Å². The molecule has 0 aliphatic heterocycles. The monoisotopic (exact) mass is 450 g/mol. The molecule has 0 aliphatic carbocycles. The van der Waals surface area contributed by atoms with E-state index in [2.05, 4.69) is 31.1 Å². The lowest BCUT2D eigenvalue weighted by atomic mass is 10.2. The summed E-state index contributed by atoms with van der Waals surface area (Å²) >= 11 is 1.58. The van der Waals surface area contributed by atoms with Crippen LogP contribution in [-0.4, -0.2) is 27.6 Å². The van der Waals surface area contributed by atoms with Crippen LogP contribution in [0, 0.1) is 0 Å². The Balaban J connectivity index is 1.39. The van der Waals surface area contributed by atoms with Crippen molar-refractivity contribution in [2.45, 2.75) is 20.3 Å². The largest absolute Gasteiger partial charge is 0.494 e. The lowest BCUT2D eigenvalue weighted by Gasteiger charge is -2.10. The minimum Gasteiger partial charge on any atom is -0.494 e. The summed E-state index contributed by atoms with van der Waals surface area (Å²) in [5.41, 5.74) is 7.86. The number of rotatable bonds is 7. The molecule has 2 aromatic carbocycles. The van der Waals surface area contributed by atoms with Crippen LogP contribution in [0.4, 0.5) is 16.4 Å². The Morgan fingerprint density at radius 2 is 1.91 bits per heavy atom. The average Bonchev–Trinajstić information content (AvgIpc) is 3.21. The molecular weight excluding hydrogens is 428 g/mol. The molecule has 0 aliphatic rings. The number of aryl methyl sites for hydroxylation is 1. The third kappa shape index (κ3) is 5.03. The Bertz CT molecular complexity index is 1300. The molecule has 0 fully saturated rings. The van der Waals surface area contributed by atoms with Crippen molar-refractivity contribution in [3.05, 3.63) is 64.6 Å². The first-order valence-electron chi connectivity index (χ1n) is 10.1. The second-order valence-electron chi connectivity index (χ2n) is 6.80. The third-order valence-electron chi connectivity index (χ3n) is 4.51. The van der Waals surface area contributed by atoms with Gasteiger partial charge in [-0.1, -0.05) is 6.92 Å². The number of aromatic amines is 1. The predicted octanol–water partition coefficient (Wildman–Crippen LogP) is 4.16. The van der Waals surface area contributed by atoms with E-state index in [4.69, 9.17) is 4.74 Å². The summed E-state index contributed by atoms with van der Waals surface area (Å²) in [6.45, 7) is 4.46. The molecule has 9 nitrogen and oxygen atoms in total. The molecule has 0 saturated heterocycles. The minimum atomic E-state index is -0.495. The number of anilines is 2. The molecular formula is C22H22N6O3S. The Labute approximate surface area is 187 Å². The van der Waals surface area contributed by atoms with E-state index < -0.39 is 6.03 Å². The fourth-order valence-electron chi connectivity index (χ4n) is 3.01. The number of nitrogens with one attached hydrogen (secondary N) is 4. The van der Waals surface area contributed by atoms with Crippen molar-refractivity contribution in [2.75, 3.05) is 17.3 Å². The molecule has 2 aromatic heterocycles. The Hall–Kier alpha value is -3.92. The van der Waals surface area contributed by atoms with E-state index in [1.807, 2.05) is 44.2 Å². The van der Waals surface area contributed by atoms with Crippen LogP contribution in [0.1, 0.15) is 19.5 Å². The number of ether oxygens (including phenoxy) is 1. The van der Waals surface area contributed by atoms with E-state index in [1.54, 1.807) is 23.5 Å². The number of nitrogens with zero attached hydrogens (tertiary/aromatic N) is 2. The van der Waals surface area contributed by atoms with Crippen molar-refractivity contribution in [1.29, 1.82) is 0 Å². The molecule has 2 heterocycles. The second-order valence-corrected chi connectivity index (χ2v) is 7.83. The van der Waals surface area contributed by atoms with Crippen LogP contribution in [-0.2, 0) is 6.42 Å². The minimum absolute atomic E-state index is 0.170. The molecule has 0 radical (unpaired) electrons. The van der Waals surface area contributed by atoms with Gasteiger partial charge in [0.1, 0.15) is 10.8 Å². The number of amides is 2. The quantitative estimate of drug-likeness (QED) is 0.314. The van der Waals surface area contributed by atoms with Gasteiger partial charge in [0, 0.05) is 23.0 Å². The van der Waals surface area contributed by atoms with E-state index in [0.29, 0.717) is 24.4 Å². The number of hydrogen-bond acceptors (Lipinski definition) is 7. The summed E-state index contributed by atoms with van der Waals surface area (Å²) in [5.74, 6) is 0.998. The number of carbonyl (C=O) groups excluding carboxylic acids is 1. The highest BCUT2D eigenvalue weighted by Gasteiger charge is 2.09. The highest BCUT2D eigenvalue weighted by Crippen LogP contribution is 2.32. The molecule has 4 N–H and O–H groups in total. The topological polar surface area (TPSA) is 121 Å². The van der Waals surface area contributed by atoms with Gasteiger partial charge in [0.25, 0.3) is 5.56 Å². The maximum Gasteiger partial charge on any atom is 0.337 e. The number of fused-ring (bicyclic) bond motifs is 1. The van der Waals surface area contributed by atoms with Crippen LogP contribution in [0.25, 0.3) is 20.8 Å². The van der Waals surface area contributed by atoms with E-state index in [-0.39, 0.29) is 11.5 Å². The van der Waals surface area contributed by atoms with E-state index in [9.17, 15) is 9.59 Å². The number of hydrogen-bond donors (Lipinski definition) is 4. The lowest BCUT2D eigenvalue weighted by Crippen LogP contribution is -2.35. The Morgan fingerprint density at radius 1 is 1.09 bits per heavy atom. The first-order chi connectivity index (χ1) is 15.5. The number of benzene rings is 2. The molecule has 0 atom stereocenters. The molecule has 0 spiro atoms.